The summed E-state index contributed by atoms with van der Waals surface area (Å²) in [4.78, 5) is 32.4. The first-order valence-corrected chi connectivity index (χ1v) is 20.3. The Morgan fingerprint density at radius 2 is 1.56 bits per heavy atom. The molecular weight excluding hydrogens is 695 g/mol. The van der Waals surface area contributed by atoms with E-state index in [2.05, 4.69) is 33.1 Å². The van der Waals surface area contributed by atoms with Crippen molar-refractivity contribution in [2.24, 2.45) is 11.3 Å². The normalized spacial score (nSPS) is 16.7. The molecule has 0 radical (unpaired) electrons. The van der Waals surface area contributed by atoms with Crippen LogP contribution >= 0.6 is 11.3 Å². The maximum absolute atomic E-state index is 14.2. The molecule has 1 saturated carbocycles. The Morgan fingerprint density at radius 3 is 2.15 bits per heavy atom. The first-order chi connectivity index (χ1) is 24.5. The highest BCUT2D eigenvalue weighted by atomic mass is 32.2. The fourth-order valence-corrected chi connectivity index (χ4v) is 9.17. The third-order valence-corrected chi connectivity index (χ3v) is 12.3. The lowest BCUT2D eigenvalue weighted by molar-refractivity contribution is -0.133. The van der Waals surface area contributed by atoms with E-state index in [0.717, 1.165) is 39.2 Å². The lowest BCUT2D eigenvalue weighted by atomic mass is 9.85. The largest absolute Gasteiger partial charge is 0.390 e. The number of hydrogen-bond acceptors (Lipinski definition) is 8. The van der Waals surface area contributed by atoms with Crippen LogP contribution in [-0.2, 0) is 31.6 Å². The highest BCUT2D eigenvalue weighted by molar-refractivity contribution is 7.89. The van der Waals surface area contributed by atoms with Gasteiger partial charge in [-0.1, -0.05) is 95.3 Å². The van der Waals surface area contributed by atoms with Crippen molar-refractivity contribution in [3.63, 3.8) is 0 Å². The maximum Gasteiger partial charge on any atom is 0.243 e. The Balaban J connectivity index is 1.36. The summed E-state index contributed by atoms with van der Waals surface area (Å²) in [7, 11) is -4.03. The standard InChI is InChI=1S/C40H53N5O5S2/c1-26(2)24-45(52(49,50)31-18-19-32-35(23-31)51-28(4)41-32)25-34(46)33(22-29-14-10-8-11-15-29)42-38(48)36(39(5,6)7)43-37(47)27(3)44-40(20-21-40)30-16-12-9-13-17-30/h8-19,23,26-27,33-34,36,44,46H,20-22,24-25H2,1-7H3,(H,42,48)(H,43,47)/t27-,33+,34-,36-/m1/s1. The maximum atomic E-state index is 14.2. The predicted octanol–water partition coefficient (Wildman–Crippen LogP) is 5.54. The first kappa shape index (κ1) is 39.5. The van der Waals surface area contributed by atoms with Crippen LogP contribution in [0.3, 0.4) is 0 Å². The van der Waals surface area contributed by atoms with Crippen LogP contribution in [0.15, 0.2) is 83.8 Å². The van der Waals surface area contributed by atoms with E-state index >= 15 is 0 Å². The van der Waals surface area contributed by atoms with Gasteiger partial charge in [-0.2, -0.15) is 4.31 Å². The Hall–Kier alpha value is -3.68. The van der Waals surface area contributed by atoms with E-state index in [-0.39, 0.29) is 41.8 Å². The lowest BCUT2D eigenvalue weighted by Gasteiger charge is -2.35. The Morgan fingerprint density at radius 1 is 0.923 bits per heavy atom. The average Bonchev–Trinajstić information content (AvgIpc) is 3.77. The summed E-state index contributed by atoms with van der Waals surface area (Å²) in [5, 5.41) is 22.2. The molecule has 52 heavy (non-hydrogen) atoms. The number of nitrogens with zero attached hydrogens (tertiary/aromatic N) is 2. The van der Waals surface area contributed by atoms with Gasteiger partial charge in [0.2, 0.25) is 21.8 Å². The number of thiazole rings is 1. The molecule has 1 aliphatic carbocycles. The zero-order chi connectivity index (χ0) is 37.8. The number of amides is 2. The van der Waals surface area contributed by atoms with E-state index in [1.165, 1.54) is 15.6 Å². The number of aryl methyl sites for hydroxylation is 1. The van der Waals surface area contributed by atoms with Gasteiger partial charge in [0.1, 0.15) is 6.04 Å². The summed E-state index contributed by atoms with van der Waals surface area (Å²) in [6.45, 7) is 13.1. The van der Waals surface area contributed by atoms with Crippen molar-refractivity contribution in [3.8, 4) is 0 Å². The second-order valence-corrected chi connectivity index (χ2v) is 18.7. The van der Waals surface area contributed by atoms with Crippen molar-refractivity contribution in [1.82, 2.24) is 25.2 Å². The molecule has 0 spiro atoms. The molecule has 5 rings (SSSR count). The number of hydrogen-bond donors (Lipinski definition) is 4. The van der Waals surface area contributed by atoms with Crippen molar-refractivity contribution in [3.05, 3.63) is 95.0 Å². The van der Waals surface area contributed by atoms with E-state index in [0.29, 0.717) is 0 Å². The zero-order valence-electron chi connectivity index (χ0n) is 31.2. The molecule has 0 saturated heterocycles. The minimum atomic E-state index is -4.03. The Kier molecular flexibility index (Phi) is 12.3. The molecule has 12 heteroatoms. The highest BCUT2D eigenvalue weighted by Crippen LogP contribution is 2.45. The number of aromatic nitrogens is 1. The number of carbonyl (C=O) groups is 2. The van der Waals surface area contributed by atoms with Crippen molar-refractivity contribution in [2.45, 2.75) is 102 Å². The molecule has 0 aliphatic heterocycles. The van der Waals surface area contributed by atoms with Gasteiger partial charge in [-0.05, 0) is 73.8 Å². The van der Waals surface area contributed by atoms with Gasteiger partial charge in [0.25, 0.3) is 0 Å². The number of aliphatic hydroxyl groups is 1. The van der Waals surface area contributed by atoms with Gasteiger partial charge in [-0.15, -0.1) is 11.3 Å². The summed E-state index contributed by atoms with van der Waals surface area (Å²) in [5.74, 6) is -0.799. The number of carbonyl (C=O) groups excluding carboxylic acids is 2. The summed E-state index contributed by atoms with van der Waals surface area (Å²) in [5.41, 5.74) is 1.78. The predicted molar refractivity (Wildman–Crippen MR) is 207 cm³/mol. The minimum absolute atomic E-state index is 0.0359. The van der Waals surface area contributed by atoms with Crippen LogP contribution in [0.25, 0.3) is 10.2 Å². The molecule has 1 aromatic heterocycles. The molecule has 1 aliphatic rings. The number of sulfonamides is 1. The topological polar surface area (TPSA) is 141 Å². The van der Waals surface area contributed by atoms with Crippen LogP contribution in [0.2, 0.25) is 0 Å². The Bertz CT molecular complexity index is 1940. The van der Waals surface area contributed by atoms with Gasteiger partial charge < -0.3 is 15.7 Å². The summed E-state index contributed by atoms with van der Waals surface area (Å²) >= 11 is 1.42. The molecule has 4 atom stereocenters. The number of rotatable bonds is 16. The van der Waals surface area contributed by atoms with E-state index in [4.69, 9.17) is 0 Å². The molecule has 3 aromatic carbocycles. The van der Waals surface area contributed by atoms with Gasteiger partial charge >= 0.3 is 0 Å². The second-order valence-electron chi connectivity index (χ2n) is 15.6. The molecular formula is C40H53N5O5S2. The van der Waals surface area contributed by atoms with Gasteiger partial charge in [-0.25, -0.2) is 13.4 Å². The van der Waals surface area contributed by atoms with E-state index in [1.807, 2.05) is 90.1 Å². The van der Waals surface area contributed by atoms with Gasteiger partial charge in [0, 0.05) is 18.6 Å². The van der Waals surface area contributed by atoms with Crippen LogP contribution in [0.4, 0.5) is 0 Å². The van der Waals surface area contributed by atoms with Crippen LogP contribution in [0.1, 0.15) is 70.5 Å². The number of fused-ring (bicyclic) bond motifs is 1. The molecule has 2 amide bonds. The highest BCUT2D eigenvalue weighted by Gasteiger charge is 2.46. The van der Waals surface area contributed by atoms with Crippen molar-refractivity contribution in [2.75, 3.05) is 13.1 Å². The molecule has 4 N–H and O–H groups in total. The zero-order valence-corrected chi connectivity index (χ0v) is 32.9. The number of nitrogens with one attached hydrogen (secondary N) is 3. The molecule has 1 fully saturated rings. The number of benzene rings is 3. The average molecular weight is 748 g/mol. The Labute approximate surface area is 312 Å². The van der Waals surface area contributed by atoms with Crippen LogP contribution in [-0.4, -0.2) is 71.9 Å². The SMILES string of the molecule is Cc1nc2ccc(S(=O)(=O)N(CC(C)C)C[C@@H](O)[C@H](Cc3ccccc3)NC(=O)[C@@H](NC(=O)[C@@H](C)NC3(c4ccccc4)CC3)C(C)(C)C)cc2s1. The number of aliphatic hydroxyl groups excluding tert-OH is 1. The fourth-order valence-electron chi connectivity index (χ4n) is 6.58. The lowest BCUT2D eigenvalue weighted by Crippen LogP contribution is -2.60. The molecule has 0 bridgehead atoms. The van der Waals surface area contributed by atoms with Crippen LogP contribution < -0.4 is 16.0 Å². The first-order valence-electron chi connectivity index (χ1n) is 18.0. The van der Waals surface area contributed by atoms with Crippen LogP contribution in [0, 0.1) is 18.3 Å². The van der Waals surface area contributed by atoms with E-state index in [1.54, 1.807) is 25.1 Å². The minimum Gasteiger partial charge on any atom is -0.390 e. The summed E-state index contributed by atoms with van der Waals surface area (Å²) in [6, 6.07) is 22.0. The van der Waals surface area contributed by atoms with Crippen molar-refractivity contribution < 1.29 is 23.1 Å². The second kappa shape index (κ2) is 16.1. The third-order valence-electron chi connectivity index (χ3n) is 9.53. The summed E-state index contributed by atoms with van der Waals surface area (Å²) < 4.78 is 30.3. The van der Waals surface area contributed by atoms with Crippen LogP contribution in [0.5, 0.6) is 0 Å². The van der Waals surface area contributed by atoms with Gasteiger partial charge in [-0.3, -0.25) is 14.9 Å². The third kappa shape index (κ3) is 9.64. The molecule has 0 unspecified atom stereocenters. The van der Waals surface area contributed by atoms with Crippen molar-refractivity contribution in [1.29, 1.82) is 0 Å². The smallest absolute Gasteiger partial charge is 0.243 e. The van der Waals surface area contributed by atoms with Gasteiger partial charge in [0.15, 0.2) is 0 Å². The monoisotopic (exact) mass is 747 g/mol. The molecule has 1 heterocycles. The fraction of sp³-hybridized carbons (Fsp3) is 0.475. The van der Waals surface area contributed by atoms with Gasteiger partial charge in [0.05, 0.1) is 38.3 Å². The van der Waals surface area contributed by atoms with Crippen molar-refractivity contribution >= 4 is 43.4 Å². The summed E-state index contributed by atoms with van der Waals surface area (Å²) in [6.07, 6.45) is 0.807. The molecule has 10 nitrogen and oxygen atoms in total. The molecule has 280 valence electrons. The van der Waals surface area contributed by atoms with E-state index in [9.17, 15) is 23.1 Å². The molecule has 4 aromatic rings. The quantitative estimate of drug-likeness (QED) is 0.118. The van der Waals surface area contributed by atoms with E-state index < -0.39 is 45.6 Å².